The lowest BCUT2D eigenvalue weighted by Crippen LogP contribution is -2.29. The number of aromatic nitrogens is 1. The van der Waals surface area contributed by atoms with Crippen molar-refractivity contribution >= 4 is 34.4 Å². The number of hydrogen-bond donors (Lipinski definition) is 3. The largest absolute Gasteiger partial charge is 0.505 e. The van der Waals surface area contributed by atoms with E-state index in [2.05, 4.69) is 10.3 Å². The second-order valence-corrected chi connectivity index (χ2v) is 7.53. The Bertz CT molecular complexity index is 803. The Morgan fingerprint density at radius 2 is 2.00 bits per heavy atom. The lowest BCUT2D eigenvalue weighted by atomic mass is 10.0. The molecule has 3 rings (SSSR count). The summed E-state index contributed by atoms with van der Waals surface area (Å²) >= 11 is 1.85. The number of aromatic hydroxyl groups is 1. The predicted molar refractivity (Wildman–Crippen MR) is 96.1 cm³/mol. The van der Waals surface area contributed by atoms with Crippen molar-refractivity contribution in [3.63, 3.8) is 0 Å². The normalized spacial score (nSPS) is 15.2. The number of thioether (sulfide) groups is 1. The molecule has 0 saturated heterocycles. The van der Waals surface area contributed by atoms with Gasteiger partial charge in [0.2, 0.25) is 0 Å². The molecule has 1 saturated carbocycles. The fourth-order valence-electron chi connectivity index (χ4n) is 3.04. The van der Waals surface area contributed by atoms with Crippen molar-refractivity contribution in [1.29, 1.82) is 0 Å². The number of nitrogens with zero attached hydrogens (tertiary/aromatic N) is 1. The Morgan fingerprint density at radius 3 is 2.72 bits per heavy atom. The van der Waals surface area contributed by atoms with E-state index in [1.54, 1.807) is 6.07 Å². The summed E-state index contributed by atoms with van der Waals surface area (Å²) < 4.78 is 0. The highest BCUT2D eigenvalue weighted by molar-refractivity contribution is 8.00. The van der Waals surface area contributed by atoms with Crippen LogP contribution in [-0.2, 0) is 4.79 Å². The maximum Gasteiger partial charge on any atom is 0.322 e. The minimum Gasteiger partial charge on any atom is -0.505 e. The minimum atomic E-state index is -1.15. The van der Waals surface area contributed by atoms with Crippen LogP contribution in [0.4, 0.5) is 0 Å². The number of amides is 1. The third-order valence-electron chi connectivity index (χ3n) is 4.31. The molecule has 0 unspecified atom stereocenters. The van der Waals surface area contributed by atoms with E-state index in [-0.39, 0.29) is 11.4 Å². The van der Waals surface area contributed by atoms with E-state index in [9.17, 15) is 14.7 Å². The number of aliphatic carboxylic acids is 1. The van der Waals surface area contributed by atoms with Gasteiger partial charge in [0, 0.05) is 27.1 Å². The van der Waals surface area contributed by atoms with Crippen molar-refractivity contribution in [1.82, 2.24) is 10.3 Å². The summed E-state index contributed by atoms with van der Waals surface area (Å²) in [5.74, 6) is -2.09. The molecule has 1 aromatic heterocycles. The Kier molecular flexibility index (Phi) is 5.43. The standard InChI is InChI=1S/C18H20N2O4S/c21-15(22)10-20-18(24)16-17(23)14-7-6-13(8-11(14)9-19-16)25-12-4-2-1-3-5-12/h6-9,12,23H,1-5,10H2,(H,20,24)(H,21,22). The molecule has 0 radical (unpaired) electrons. The number of hydrogen-bond acceptors (Lipinski definition) is 5. The Balaban J connectivity index is 1.80. The summed E-state index contributed by atoms with van der Waals surface area (Å²) in [4.78, 5) is 27.6. The van der Waals surface area contributed by atoms with E-state index in [0.29, 0.717) is 10.6 Å². The van der Waals surface area contributed by atoms with Crippen molar-refractivity contribution in [2.45, 2.75) is 42.2 Å². The maximum atomic E-state index is 11.9. The lowest BCUT2D eigenvalue weighted by Gasteiger charge is -2.21. The van der Waals surface area contributed by atoms with Crippen LogP contribution in [0, 0.1) is 0 Å². The molecule has 1 aliphatic carbocycles. The minimum absolute atomic E-state index is 0.165. The van der Waals surface area contributed by atoms with Gasteiger partial charge >= 0.3 is 5.97 Å². The van der Waals surface area contributed by atoms with Gasteiger partial charge in [0.25, 0.3) is 5.91 Å². The van der Waals surface area contributed by atoms with Crippen molar-refractivity contribution in [2.75, 3.05) is 6.54 Å². The fourth-order valence-corrected chi connectivity index (χ4v) is 4.34. The van der Waals surface area contributed by atoms with Gasteiger partial charge < -0.3 is 15.5 Å². The summed E-state index contributed by atoms with van der Waals surface area (Å²) in [6.07, 6.45) is 7.88. The van der Waals surface area contributed by atoms with Gasteiger partial charge in [-0.05, 0) is 31.0 Å². The summed E-state index contributed by atoms with van der Waals surface area (Å²) in [7, 11) is 0. The predicted octanol–water partition coefficient (Wildman–Crippen LogP) is 3.18. The molecule has 0 bridgehead atoms. The quantitative estimate of drug-likeness (QED) is 0.757. The number of benzene rings is 1. The molecule has 132 valence electrons. The van der Waals surface area contributed by atoms with Crippen molar-refractivity contribution in [3.8, 4) is 5.75 Å². The average molecular weight is 360 g/mol. The highest BCUT2D eigenvalue weighted by Gasteiger charge is 2.18. The van der Waals surface area contributed by atoms with Gasteiger partial charge in [-0.15, -0.1) is 11.8 Å². The summed E-state index contributed by atoms with van der Waals surface area (Å²) in [5.41, 5.74) is -0.165. The van der Waals surface area contributed by atoms with E-state index >= 15 is 0 Å². The summed E-state index contributed by atoms with van der Waals surface area (Å²) in [6.45, 7) is -0.519. The highest BCUT2D eigenvalue weighted by atomic mass is 32.2. The lowest BCUT2D eigenvalue weighted by molar-refractivity contribution is -0.135. The van der Waals surface area contributed by atoms with Crippen LogP contribution in [0.5, 0.6) is 5.75 Å². The van der Waals surface area contributed by atoms with Crippen LogP contribution in [0.1, 0.15) is 42.6 Å². The van der Waals surface area contributed by atoms with E-state index in [4.69, 9.17) is 5.11 Å². The van der Waals surface area contributed by atoms with E-state index in [1.165, 1.54) is 38.3 Å². The number of carboxylic acids is 1. The van der Waals surface area contributed by atoms with Crippen LogP contribution in [-0.4, -0.2) is 38.9 Å². The second kappa shape index (κ2) is 7.74. The number of fused-ring (bicyclic) bond motifs is 1. The third kappa shape index (κ3) is 4.22. The molecular weight excluding hydrogens is 340 g/mol. The first-order valence-electron chi connectivity index (χ1n) is 8.33. The van der Waals surface area contributed by atoms with E-state index in [0.717, 1.165) is 10.3 Å². The molecule has 0 aliphatic heterocycles. The van der Waals surface area contributed by atoms with Gasteiger partial charge in [0.15, 0.2) is 11.4 Å². The van der Waals surface area contributed by atoms with Gasteiger partial charge in [-0.1, -0.05) is 19.3 Å². The number of nitrogens with one attached hydrogen (secondary N) is 1. The van der Waals surface area contributed by atoms with Crippen LogP contribution >= 0.6 is 11.8 Å². The molecular formula is C18H20N2O4S. The summed E-state index contributed by atoms with van der Waals surface area (Å²) in [6, 6.07) is 5.70. The molecule has 2 aromatic rings. The number of carbonyl (C=O) groups is 2. The second-order valence-electron chi connectivity index (χ2n) is 6.16. The van der Waals surface area contributed by atoms with E-state index in [1.807, 2.05) is 23.9 Å². The fraction of sp³-hybridized carbons (Fsp3) is 0.389. The Hall–Kier alpha value is -2.28. The first kappa shape index (κ1) is 17.5. The zero-order valence-corrected chi connectivity index (χ0v) is 14.5. The molecule has 25 heavy (non-hydrogen) atoms. The maximum absolute atomic E-state index is 11.9. The van der Waals surface area contributed by atoms with Crippen LogP contribution in [0.2, 0.25) is 0 Å². The number of carbonyl (C=O) groups excluding carboxylic acids is 1. The zero-order chi connectivity index (χ0) is 17.8. The van der Waals surface area contributed by atoms with Crippen LogP contribution in [0.15, 0.2) is 29.3 Å². The number of rotatable bonds is 5. The van der Waals surface area contributed by atoms with Crippen molar-refractivity contribution in [3.05, 3.63) is 30.1 Å². The molecule has 1 heterocycles. The smallest absolute Gasteiger partial charge is 0.322 e. The van der Waals surface area contributed by atoms with Gasteiger partial charge in [0.1, 0.15) is 6.54 Å². The molecule has 0 spiro atoms. The van der Waals surface area contributed by atoms with Crippen molar-refractivity contribution in [2.24, 2.45) is 0 Å². The van der Waals surface area contributed by atoms with Crippen LogP contribution in [0.3, 0.4) is 0 Å². The Labute approximate surface area is 149 Å². The monoisotopic (exact) mass is 360 g/mol. The first-order valence-corrected chi connectivity index (χ1v) is 9.21. The van der Waals surface area contributed by atoms with Gasteiger partial charge in [0.05, 0.1) is 0 Å². The summed E-state index contributed by atoms with van der Waals surface area (Å²) in [5, 5.41) is 23.1. The van der Waals surface area contributed by atoms with E-state index < -0.39 is 18.4 Å². The van der Waals surface area contributed by atoms with Gasteiger partial charge in [-0.25, -0.2) is 4.98 Å². The molecule has 7 heteroatoms. The molecule has 1 aromatic carbocycles. The SMILES string of the molecule is O=C(O)CNC(=O)c1ncc2cc(SC3CCCCC3)ccc2c1O. The third-order valence-corrected chi connectivity index (χ3v) is 5.64. The molecule has 1 amide bonds. The molecule has 6 nitrogen and oxygen atoms in total. The number of carboxylic acid groups (broad SMARTS) is 1. The number of pyridine rings is 1. The average Bonchev–Trinajstić information content (AvgIpc) is 2.61. The van der Waals surface area contributed by atoms with Gasteiger partial charge in [-0.2, -0.15) is 0 Å². The van der Waals surface area contributed by atoms with Crippen LogP contribution in [0.25, 0.3) is 10.8 Å². The molecule has 0 atom stereocenters. The Morgan fingerprint density at radius 1 is 1.24 bits per heavy atom. The highest BCUT2D eigenvalue weighted by Crippen LogP contribution is 2.36. The molecule has 1 fully saturated rings. The molecule has 3 N–H and O–H groups in total. The van der Waals surface area contributed by atoms with Crippen molar-refractivity contribution < 1.29 is 19.8 Å². The molecule has 1 aliphatic rings. The zero-order valence-electron chi connectivity index (χ0n) is 13.7. The topological polar surface area (TPSA) is 99.5 Å². The van der Waals surface area contributed by atoms with Gasteiger partial charge in [-0.3, -0.25) is 9.59 Å². The first-order chi connectivity index (χ1) is 12.0. The van der Waals surface area contributed by atoms with Crippen LogP contribution < -0.4 is 5.32 Å².